The average Bonchev–Trinajstić information content (AvgIpc) is 2.95. The zero-order valence-electron chi connectivity index (χ0n) is 14.4. The monoisotopic (exact) mass is 416 g/mol. The zero-order valence-corrected chi connectivity index (χ0v) is 16.0. The van der Waals surface area contributed by atoms with E-state index < -0.39 is 16.6 Å². The lowest BCUT2D eigenvalue weighted by molar-refractivity contribution is -0.384. The van der Waals surface area contributed by atoms with Gasteiger partial charge in [0, 0.05) is 29.0 Å². The molecule has 0 bridgehead atoms. The Morgan fingerprint density at radius 3 is 2.54 bits per heavy atom. The Kier molecular flexibility index (Phi) is 5.39. The summed E-state index contributed by atoms with van der Waals surface area (Å²) in [5.74, 6) is -1.13. The maximum absolute atomic E-state index is 12.6. The predicted molar refractivity (Wildman–Crippen MR) is 109 cm³/mol. The number of Topliss-reactive ketones (excluding diaryl/α,β-unsaturated/α-hetero) is 1. The summed E-state index contributed by atoms with van der Waals surface area (Å²) in [5, 5.41) is 14.2. The summed E-state index contributed by atoms with van der Waals surface area (Å²) in [6, 6.07) is 10.5. The number of hydrogen-bond acceptors (Lipinski definition) is 5. The number of hydrogen-bond donors (Lipinski definition) is 2. The van der Waals surface area contributed by atoms with Gasteiger partial charge in [-0.25, -0.2) is 0 Å². The van der Waals surface area contributed by atoms with Crippen LogP contribution in [0.15, 0.2) is 48.0 Å². The maximum Gasteiger partial charge on any atom is 0.271 e. The first kappa shape index (κ1) is 19.5. The van der Waals surface area contributed by atoms with E-state index in [1.54, 1.807) is 24.3 Å². The van der Waals surface area contributed by atoms with Crippen molar-refractivity contribution in [3.63, 3.8) is 0 Å². The van der Waals surface area contributed by atoms with Crippen molar-refractivity contribution in [1.29, 1.82) is 0 Å². The smallest absolute Gasteiger partial charge is 0.271 e. The number of imidazole rings is 1. The molecule has 0 spiro atoms. The second-order valence-corrected chi connectivity index (χ2v) is 6.64. The summed E-state index contributed by atoms with van der Waals surface area (Å²) in [6.45, 7) is 1.24. The van der Waals surface area contributed by atoms with Crippen LogP contribution < -0.4 is 5.32 Å². The molecule has 28 heavy (non-hydrogen) atoms. The van der Waals surface area contributed by atoms with Crippen LogP contribution >= 0.6 is 23.8 Å². The number of amides is 1. The van der Waals surface area contributed by atoms with E-state index in [1.807, 2.05) is 0 Å². The summed E-state index contributed by atoms with van der Waals surface area (Å²) < 4.78 is 1.55. The number of non-ortho nitro benzene ring substituents is 1. The van der Waals surface area contributed by atoms with Crippen molar-refractivity contribution >= 4 is 64.1 Å². The van der Waals surface area contributed by atoms with Crippen LogP contribution in [0, 0.1) is 14.9 Å². The van der Waals surface area contributed by atoms with Gasteiger partial charge in [-0.2, -0.15) is 0 Å². The molecule has 0 aliphatic carbocycles. The molecule has 0 saturated carbocycles. The molecule has 0 saturated heterocycles. The number of nitro benzene ring substituents is 1. The molecule has 1 amide bonds. The summed E-state index contributed by atoms with van der Waals surface area (Å²) in [5.41, 5.74) is 1.06. The first-order valence-corrected chi connectivity index (χ1v) is 8.73. The number of nitro groups is 1. The molecular weight excluding hydrogens is 404 g/mol. The number of nitrogens with zero attached hydrogens (tertiary/aromatic N) is 2. The molecule has 0 atom stereocenters. The highest BCUT2D eigenvalue weighted by molar-refractivity contribution is 7.71. The Balaban J connectivity index is 2.05. The van der Waals surface area contributed by atoms with E-state index in [9.17, 15) is 19.7 Å². The summed E-state index contributed by atoms with van der Waals surface area (Å²) in [6.07, 6.45) is 1.26. The van der Waals surface area contributed by atoms with Gasteiger partial charge >= 0.3 is 0 Å². The van der Waals surface area contributed by atoms with Gasteiger partial charge in [0.25, 0.3) is 11.6 Å². The van der Waals surface area contributed by atoms with E-state index in [0.29, 0.717) is 21.7 Å². The van der Waals surface area contributed by atoms with Gasteiger partial charge < -0.3 is 10.3 Å². The third kappa shape index (κ3) is 4.00. The molecular formula is C18H13ClN4O4S. The quantitative estimate of drug-likeness (QED) is 0.161. The number of rotatable bonds is 5. The van der Waals surface area contributed by atoms with Crippen molar-refractivity contribution in [2.24, 2.45) is 0 Å². The summed E-state index contributed by atoms with van der Waals surface area (Å²) >= 11 is 11.1. The number of fused-ring (bicyclic) bond motifs is 1. The van der Waals surface area contributed by atoms with Gasteiger partial charge in [-0.3, -0.25) is 24.3 Å². The normalized spacial score (nSPS) is 11.4. The molecule has 2 N–H and O–H groups in total. The van der Waals surface area contributed by atoms with Crippen molar-refractivity contribution in [3.8, 4) is 0 Å². The molecule has 142 valence electrons. The van der Waals surface area contributed by atoms with Gasteiger partial charge in [0.05, 0.1) is 21.5 Å². The van der Waals surface area contributed by atoms with E-state index in [2.05, 4.69) is 10.3 Å². The average molecular weight is 417 g/mol. The fourth-order valence-electron chi connectivity index (χ4n) is 2.52. The minimum Gasteiger partial charge on any atom is -0.330 e. The van der Waals surface area contributed by atoms with Gasteiger partial charge in [0.15, 0.2) is 10.6 Å². The molecule has 0 fully saturated rings. The molecule has 0 unspecified atom stereocenters. The highest BCUT2D eigenvalue weighted by atomic mass is 35.5. The van der Waals surface area contributed by atoms with Crippen molar-refractivity contribution in [1.82, 2.24) is 9.55 Å². The molecule has 0 radical (unpaired) electrons. The van der Waals surface area contributed by atoms with Crippen LogP contribution in [-0.4, -0.2) is 26.2 Å². The largest absolute Gasteiger partial charge is 0.330 e. The standard InChI is InChI=1S/C18H13ClN4O4S/c1-10(24)14(17(25)20-12-4-2-11(19)3-5-12)9-22-16-8-13(23(26)27)6-7-15(16)21-18(22)28/h2-9H,1H3,(H,20,25)(H,21,28)/b14-9-. The highest BCUT2D eigenvalue weighted by Gasteiger charge is 2.17. The summed E-state index contributed by atoms with van der Waals surface area (Å²) in [4.78, 5) is 38.0. The number of aromatic amines is 1. The van der Waals surface area contributed by atoms with E-state index >= 15 is 0 Å². The first-order valence-electron chi connectivity index (χ1n) is 7.94. The number of nitrogens with one attached hydrogen (secondary N) is 2. The minimum atomic E-state index is -0.642. The second kappa shape index (κ2) is 7.75. The lowest BCUT2D eigenvalue weighted by Crippen LogP contribution is -2.19. The lowest BCUT2D eigenvalue weighted by Gasteiger charge is -2.07. The molecule has 2 aromatic carbocycles. The second-order valence-electron chi connectivity index (χ2n) is 5.82. The van der Waals surface area contributed by atoms with E-state index in [4.69, 9.17) is 23.8 Å². The number of benzene rings is 2. The first-order chi connectivity index (χ1) is 13.3. The SMILES string of the molecule is CC(=O)/C(=C/n1c(=S)[nH]c2ccc([N+](=O)[O-])cc21)C(=O)Nc1ccc(Cl)cc1. The molecule has 3 rings (SSSR count). The van der Waals surface area contributed by atoms with Crippen LogP contribution in [0.1, 0.15) is 6.92 Å². The topological polar surface area (TPSA) is 110 Å². The molecule has 0 aliphatic rings. The van der Waals surface area contributed by atoms with Gasteiger partial charge in [-0.05, 0) is 49.5 Å². The molecule has 3 aromatic rings. The fraction of sp³-hybridized carbons (Fsp3) is 0.0556. The van der Waals surface area contributed by atoms with Gasteiger partial charge in [0.1, 0.15) is 0 Å². The van der Waals surface area contributed by atoms with Crippen molar-refractivity contribution in [2.45, 2.75) is 6.92 Å². The van der Waals surface area contributed by atoms with Gasteiger partial charge in [0.2, 0.25) is 0 Å². The summed E-state index contributed by atoms with van der Waals surface area (Å²) in [7, 11) is 0. The number of H-pyrrole nitrogens is 1. The number of carbonyl (C=O) groups is 2. The number of halogens is 1. The fourth-order valence-corrected chi connectivity index (χ4v) is 2.91. The maximum atomic E-state index is 12.6. The predicted octanol–water partition coefficient (Wildman–Crippen LogP) is 4.33. The van der Waals surface area contributed by atoms with Crippen LogP contribution in [-0.2, 0) is 9.59 Å². The van der Waals surface area contributed by atoms with Crippen molar-refractivity contribution < 1.29 is 14.5 Å². The molecule has 1 aromatic heterocycles. The molecule has 0 aliphatic heterocycles. The van der Waals surface area contributed by atoms with Crippen molar-refractivity contribution in [2.75, 3.05) is 5.32 Å². The third-order valence-electron chi connectivity index (χ3n) is 3.90. The van der Waals surface area contributed by atoms with Crippen LogP contribution in [0.5, 0.6) is 0 Å². The lowest BCUT2D eigenvalue weighted by atomic mass is 10.2. The van der Waals surface area contributed by atoms with E-state index in [1.165, 1.54) is 35.9 Å². The van der Waals surface area contributed by atoms with Crippen LogP contribution in [0.2, 0.25) is 5.02 Å². The number of anilines is 1. The Labute approximate surface area is 168 Å². The van der Waals surface area contributed by atoms with Crippen LogP contribution in [0.3, 0.4) is 0 Å². The third-order valence-corrected chi connectivity index (χ3v) is 4.45. The van der Waals surface area contributed by atoms with Crippen molar-refractivity contribution in [3.05, 3.63) is 67.9 Å². The molecule has 1 heterocycles. The Morgan fingerprint density at radius 1 is 1.25 bits per heavy atom. The molecule has 8 nitrogen and oxygen atoms in total. The van der Waals surface area contributed by atoms with Crippen LogP contribution in [0.4, 0.5) is 11.4 Å². The number of carbonyl (C=O) groups excluding carboxylic acids is 2. The number of aromatic nitrogens is 2. The Bertz CT molecular complexity index is 1190. The number of ketones is 1. The molecule has 10 heteroatoms. The van der Waals surface area contributed by atoms with Gasteiger partial charge in [-0.1, -0.05) is 11.6 Å². The Hall–Kier alpha value is -3.30. The van der Waals surface area contributed by atoms with E-state index in [-0.39, 0.29) is 16.0 Å². The minimum absolute atomic E-state index is 0.140. The highest BCUT2D eigenvalue weighted by Crippen LogP contribution is 2.22. The van der Waals surface area contributed by atoms with Crippen LogP contribution in [0.25, 0.3) is 17.2 Å². The van der Waals surface area contributed by atoms with Gasteiger partial charge in [-0.15, -0.1) is 0 Å². The van der Waals surface area contributed by atoms with E-state index in [0.717, 1.165) is 0 Å². The Morgan fingerprint density at radius 2 is 1.93 bits per heavy atom. The zero-order chi connectivity index (χ0) is 20.4.